The van der Waals surface area contributed by atoms with Crippen molar-refractivity contribution in [2.24, 2.45) is 0 Å². The average molecular weight is 687 g/mol. The van der Waals surface area contributed by atoms with E-state index in [0.717, 1.165) is 25.7 Å². The van der Waals surface area contributed by atoms with Gasteiger partial charge < -0.3 is 19.7 Å². The maximum absolute atomic E-state index is 13.3. The Hall–Kier alpha value is -3.80. The van der Waals surface area contributed by atoms with Gasteiger partial charge in [0.25, 0.3) is 0 Å². The fourth-order valence-electron chi connectivity index (χ4n) is 6.26. The molecule has 0 radical (unpaired) electrons. The minimum Gasteiger partial charge on any atom is -0.507 e. The minimum atomic E-state index is -0.404. The van der Waals surface area contributed by atoms with Gasteiger partial charge in [-0.25, -0.2) is 0 Å². The quantitative estimate of drug-likeness (QED) is 0.0583. The smallest absolute Gasteiger partial charge is 0.196 e. The van der Waals surface area contributed by atoms with E-state index in [4.69, 9.17) is 9.47 Å². The number of phenols is 2. The maximum Gasteiger partial charge on any atom is 0.196 e. The lowest BCUT2D eigenvalue weighted by atomic mass is 9.96. The van der Waals surface area contributed by atoms with Gasteiger partial charge in [0.15, 0.2) is 11.6 Å². The monoisotopic (exact) mass is 686 g/mol. The van der Waals surface area contributed by atoms with Crippen molar-refractivity contribution in [1.82, 2.24) is 0 Å². The highest BCUT2D eigenvalue weighted by Crippen LogP contribution is 2.29. The van der Waals surface area contributed by atoms with Crippen molar-refractivity contribution in [2.45, 2.75) is 142 Å². The summed E-state index contributed by atoms with van der Waals surface area (Å²) in [5, 5.41) is 21.3. The van der Waals surface area contributed by atoms with Gasteiger partial charge >= 0.3 is 0 Å². The van der Waals surface area contributed by atoms with Crippen molar-refractivity contribution in [3.8, 4) is 23.0 Å². The van der Waals surface area contributed by atoms with Crippen LogP contribution in [0.5, 0.6) is 23.0 Å². The van der Waals surface area contributed by atoms with E-state index in [0.29, 0.717) is 24.7 Å². The largest absolute Gasteiger partial charge is 0.507 e. The molecule has 6 nitrogen and oxygen atoms in total. The van der Waals surface area contributed by atoms with E-state index >= 15 is 0 Å². The summed E-state index contributed by atoms with van der Waals surface area (Å²) in [7, 11) is 0. The summed E-state index contributed by atoms with van der Waals surface area (Å²) in [5.74, 6) is -0.107. The van der Waals surface area contributed by atoms with Crippen molar-refractivity contribution < 1.29 is 29.3 Å². The molecule has 0 fully saturated rings. The van der Waals surface area contributed by atoms with Crippen LogP contribution in [0.3, 0.4) is 0 Å². The number of rotatable bonds is 28. The summed E-state index contributed by atoms with van der Waals surface area (Å²) in [5.41, 5.74) is 0.794. The van der Waals surface area contributed by atoms with Crippen LogP contribution in [0.4, 0.5) is 0 Å². The van der Waals surface area contributed by atoms with E-state index < -0.39 is 11.6 Å². The molecule has 6 heteroatoms. The molecule has 0 aromatic heterocycles. The van der Waals surface area contributed by atoms with E-state index in [9.17, 15) is 19.8 Å². The number of benzene rings is 3. The molecule has 3 aromatic rings. The average Bonchev–Trinajstić information content (AvgIpc) is 3.12. The van der Waals surface area contributed by atoms with Crippen molar-refractivity contribution in [3.63, 3.8) is 0 Å². The zero-order chi connectivity index (χ0) is 35.8. The van der Waals surface area contributed by atoms with Crippen LogP contribution in [-0.4, -0.2) is 35.0 Å². The van der Waals surface area contributed by atoms with Crippen LogP contribution in [0.1, 0.15) is 174 Å². The number of phenolic OH excluding ortho intramolecular Hbond substituents is 2. The van der Waals surface area contributed by atoms with Crippen LogP contribution >= 0.6 is 0 Å². The molecule has 0 aliphatic carbocycles. The fraction of sp³-hybridized carbons (Fsp3) is 0.545. The summed E-state index contributed by atoms with van der Waals surface area (Å²) < 4.78 is 11.7. The van der Waals surface area contributed by atoms with Crippen LogP contribution in [-0.2, 0) is 0 Å². The molecule has 0 aliphatic rings. The predicted molar refractivity (Wildman–Crippen MR) is 204 cm³/mol. The molecule has 0 saturated carbocycles. The number of unbranched alkanes of at least 4 members (excludes halogenated alkanes) is 18. The van der Waals surface area contributed by atoms with Crippen LogP contribution in [0.2, 0.25) is 0 Å². The van der Waals surface area contributed by atoms with Gasteiger partial charge in [0.1, 0.15) is 23.0 Å². The normalized spacial score (nSPS) is 11.1. The van der Waals surface area contributed by atoms with Gasteiger partial charge in [0.2, 0.25) is 0 Å². The molecule has 274 valence electrons. The molecule has 0 aliphatic heterocycles. The molecule has 3 aromatic carbocycles. The molecule has 50 heavy (non-hydrogen) atoms. The van der Waals surface area contributed by atoms with Crippen molar-refractivity contribution in [1.29, 1.82) is 0 Å². The van der Waals surface area contributed by atoms with Crippen LogP contribution in [0.25, 0.3) is 0 Å². The van der Waals surface area contributed by atoms with Crippen molar-refractivity contribution in [2.75, 3.05) is 13.2 Å². The molecule has 0 saturated heterocycles. The fourth-order valence-corrected chi connectivity index (χ4v) is 6.26. The number of ether oxygens (including phenoxy) is 2. The van der Waals surface area contributed by atoms with E-state index in [2.05, 4.69) is 13.8 Å². The second kappa shape index (κ2) is 24.4. The van der Waals surface area contributed by atoms with Crippen LogP contribution in [0.15, 0.2) is 60.7 Å². The van der Waals surface area contributed by atoms with Gasteiger partial charge in [-0.05, 0) is 43.2 Å². The molecule has 0 bridgehead atoms. The van der Waals surface area contributed by atoms with Crippen LogP contribution < -0.4 is 9.47 Å². The maximum atomic E-state index is 13.3. The standard InChI is InChI=1S/C44H62O6/c1-3-5-7-9-11-13-15-17-19-21-30-49-37-26-28-39(41(45)33-37)43(47)35-24-23-25-36(32-35)44(48)40-29-27-38(34-42(40)46)50-31-22-20-18-16-14-12-10-8-6-4-2/h23-29,32-34,45-46H,3-22,30-31H2,1-2H3. The van der Waals surface area contributed by atoms with E-state index in [1.54, 1.807) is 42.5 Å². The second-order valence-corrected chi connectivity index (χ2v) is 13.7. The third-order valence-electron chi connectivity index (χ3n) is 9.35. The number of hydrogen-bond acceptors (Lipinski definition) is 6. The first-order valence-electron chi connectivity index (χ1n) is 19.6. The number of carbonyl (C=O) groups is 2. The van der Waals surface area contributed by atoms with Crippen LogP contribution in [0, 0.1) is 0 Å². The van der Waals surface area contributed by atoms with Crippen molar-refractivity contribution >= 4 is 11.6 Å². The lowest BCUT2D eigenvalue weighted by Crippen LogP contribution is -2.07. The topological polar surface area (TPSA) is 93.1 Å². The van der Waals surface area contributed by atoms with Gasteiger partial charge in [0, 0.05) is 23.3 Å². The molecule has 3 rings (SSSR count). The van der Waals surface area contributed by atoms with Crippen molar-refractivity contribution in [3.05, 3.63) is 82.9 Å². The number of hydrogen-bond donors (Lipinski definition) is 2. The van der Waals surface area contributed by atoms with E-state index in [1.165, 1.54) is 121 Å². The first-order chi connectivity index (χ1) is 24.4. The van der Waals surface area contributed by atoms with Gasteiger partial charge in [-0.15, -0.1) is 0 Å². The summed E-state index contributed by atoms with van der Waals surface area (Å²) in [6.07, 6.45) is 25.0. The molecular weight excluding hydrogens is 624 g/mol. The molecule has 0 heterocycles. The zero-order valence-electron chi connectivity index (χ0n) is 30.9. The third-order valence-corrected chi connectivity index (χ3v) is 9.35. The molecule has 2 N–H and O–H groups in total. The third kappa shape index (κ3) is 15.0. The van der Waals surface area contributed by atoms with E-state index in [-0.39, 0.29) is 33.8 Å². The minimum absolute atomic E-state index is 0.132. The van der Waals surface area contributed by atoms with Gasteiger partial charge in [0.05, 0.1) is 24.3 Å². The Morgan fingerprint density at radius 3 is 1.14 bits per heavy atom. The Balaban J connectivity index is 1.42. The highest BCUT2D eigenvalue weighted by Gasteiger charge is 2.19. The summed E-state index contributed by atoms with van der Waals surface area (Å²) >= 11 is 0. The molecular formula is C44H62O6. The molecule has 0 amide bonds. The highest BCUT2D eigenvalue weighted by atomic mass is 16.5. The summed E-state index contributed by atoms with van der Waals surface area (Å²) in [4.78, 5) is 26.7. The Labute approximate surface area is 301 Å². The highest BCUT2D eigenvalue weighted by molar-refractivity contribution is 6.14. The lowest BCUT2D eigenvalue weighted by Gasteiger charge is -2.11. The Bertz CT molecular complexity index is 1310. The lowest BCUT2D eigenvalue weighted by molar-refractivity contribution is 0.103. The SMILES string of the molecule is CCCCCCCCCCCCOc1ccc(C(=O)c2cccc(C(=O)c3ccc(OCCCCCCCCCCCC)cc3O)c2)c(O)c1. The Morgan fingerprint density at radius 2 is 0.800 bits per heavy atom. The number of carbonyl (C=O) groups excluding carboxylic acids is 2. The number of ketones is 2. The van der Waals surface area contributed by atoms with Gasteiger partial charge in [-0.2, -0.15) is 0 Å². The van der Waals surface area contributed by atoms with E-state index in [1.807, 2.05) is 0 Å². The first kappa shape index (κ1) is 40.6. The molecule has 0 spiro atoms. The summed E-state index contributed by atoms with van der Waals surface area (Å²) in [6, 6.07) is 15.8. The first-order valence-corrected chi connectivity index (χ1v) is 19.6. The van der Waals surface area contributed by atoms with Gasteiger partial charge in [-0.3, -0.25) is 9.59 Å². The zero-order valence-corrected chi connectivity index (χ0v) is 30.9. The Kier molecular flexibility index (Phi) is 19.8. The predicted octanol–water partition coefficient (Wildman–Crippen LogP) is 12.2. The molecule has 0 atom stereocenters. The van der Waals surface area contributed by atoms with Gasteiger partial charge in [-0.1, -0.05) is 148 Å². The Morgan fingerprint density at radius 1 is 0.460 bits per heavy atom. The number of aromatic hydroxyl groups is 2. The second-order valence-electron chi connectivity index (χ2n) is 13.7. The molecule has 0 unspecified atom stereocenters. The summed E-state index contributed by atoms with van der Waals surface area (Å²) in [6.45, 7) is 5.61.